The van der Waals surface area contributed by atoms with Gasteiger partial charge < -0.3 is 19.9 Å². The number of benzene rings is 1. The van der Waals surface area contributed by atoms with Crippen molar-refractivity contribution < 1.29 is 19.0 Å². The van der Waals surface area contributed by atoms with Crippen molar-refractivity contribution >= 4 is 0 Å². The molecule has 118 valence electrons. The highest BCUT2D eigenvalue weighted by atomic mass is 19.1. The Balaban J connectivity index is 2.34. The van der Waals surface area contributed by atoms with Crippen molar-refractivity contribution in [2.75, 3.05) is 47.0 Å². The molecule has 2 N–H and O–H groups in total. The van der Waals surface area contributed by atoms with E-state index >= 15 is 0 Å². The Labute approximate surface area is 124 Å². The molecule has 1 aliphatic heterocycles. The number of nitrogens with one attached hydrogen (secondary N) is 1. The first-order chi connectivity index (χ1) is 10.2. The van der Waals surface area contributed by atoms with Gasteiger partial charge >= 0.3 is 0 Å². The van der Waals surface area contributed by atoms with E-state index in [1.54, 1.807) is 6.07 Å². The fraction of sp³-hybridized carbons (Fsp3) is 0.600. The zero-order valence-corrected chi connectivity index (χ0v) is 12.6. The van der Waals surface area contributed by atoms with Crippen LogP contribution >= 0.6 is 0 Å². The normalized spacial score (nSPS) is 17.5. The summed E-state index contributed by atoms with van der Waals surface area (Å²) in [6.45, 7) is 3.42. The summed E-state index contributed by atoms with van der Waals surface area (Å²) in [5.74, 6) is 0.554. The van der Waals surface area contributed by atoms with Crippen molar-refractivity contribution in [1.29, 1.82) is 0 Å². The fourth-order valence-corrected chi connectivity index (χ4v) is 2.78. The smallest absolute Gasteiger partial charge is 0.163 e. The Morgan fingerprint density at radius 2 is 1.86 bits per heavy atom. The Bertz CT molecular complexity index is 464. The molecule has 0 bridgehead atoms. The molecule has 0 saturated carbocycles. The molecule has 21 heavy (non-hydrogen) atoms. The van der Waals surface area contributed by atoms with E-state index in [2.05, 4.69) is 10.2 Å². The van der Waals surface area contributed by atoms with Gasteiger partial charge in [0.15, 0.2) is 11.5 Å². The molecule has 1 aromatic rings. The van der Waals surface area contributed by atoms with E-state index in [1.165, 1.54) is 20.3 Å². The fourth-order valence-electron chi connectivity index (χ4n) is 2.78. The molecule has 2 rings (SSSR count). The number of rotatable bonds is 6. The molecule has 0 amide bonds. The summed E-state index contributed by atoms with van der Waals surface area (Å²) in [6.07, 6.45) is 0.492. The van der Waals surface area contributed by atoms with Crippen LogP contribution < -0.4 is 14.8 Å². The van der Waals surface area contributed by atoms with E-state index in [4.69, 9.17) is 9.47 Å². The minimum Gasteiger partial charge on any atom is -0.493 e. The third kappa shape index (κ3) is 3.64. The number of methoxy groups -OCH3 is 2. The molecule has 0 spiro atoms. The Kier molecular flexibility index (Phi) is 5.78. The SMILES string of the molecule is COc1cc(F)c([C@H](CCO)N2CCNCC2)cc1OC. The Morgan fingerprint density at radius 3 is 2.43 bits per heavy atom. The van der Waals surface area contributed by atoms with Gasteiger partial charge in [0.1, 0.15) is 5.82 Å². The van der Waals surface area contributed by atoms with Gasteiger partial charge in [-0.05, 0) is 12.5 Å². The maximum Gasteiger partial charge on any atom is 0.163 e. The van der Waals surface area contributed by atoms with E-state index in [0.29, 0.717) is 23.5 Å². The van der Waals surface area contributed by atoms with Crippen LogP contribution in [-0.2, 0) is 0 Å². The maximum absolute atomic E-state index is 14.4. The first-order valence-corrected chi connectivity index (χ1v) is 7.18. The highest BCUT2D eigenvalue weighted by Crippen LogP contribution is 2.35. The molecule has 0 aliphatic carbocycles. The van der Waals surface area contributed by atoms with Gasteiger partial charge in [0.2, 0.25) is 0 Å². The van der Waals surface area contributed by atoms with Gasteiger partial charge in [-0.15, -0.1) is 0 Å². The first kappa shape index (κ1) is 16.0. The van der Waals surface area contributed by atoms with Crippen LogP contribution in [0.2, 0.25) is 0 Å². The number of aliphatic hydroxyl groups excluding tert-OH is 1. The van der Waals surface area contributed by atoms with Gasteiger partial charge in [-0.1, -0.05) is 0 Å². The van der Waals surface area contributed by atoms with Gasteiger partial charge in [-0.3, -0.25) is 4.90 Å². The highest BCUT2D eigenvalue weighted by molar-refractivity contribution is 5.44. The first-order valence-electron chi connectivity index (χ1n) is 7.18. The van der Waals surface area contributed by atoms with Crippen molar-refractivity contribution in [3.63, 3.8) is 0 Å². The molecule has 1 fully saturated rings. The third-order valence-electron chi connectivity index (χ3n) is 3.86. The van der Waals surface area contributed by atoms with E-state index in [1.807, 2.05) is 0 Å². The number of nitrogens with zero attached hydrogens (tertiary/aromatic N) is 1. The summed E-state index contributed by atoms with van der Waals surface area (Å²) >= 11 is 0. The van der Waals surface area contributed by atoms with Gasteiger partial charge in [0, 0.05) is 50.5 Å². The average molecular weight is 298 g/mol. The molecule has 0 unspecified atom stereocenters. The molecule has 0 radical (unpaired) electrons. The lowest BCUT2D eigenvalue weighted by atomic mass is 10.00. The number of hydrogen-bond acceptors (Lipinski definition) is 5. The number of halogens is 1. The van der Waals surface area contributed by atoms with Crippen LogP contribution in [0.1, 0.15) is 18.0 Å². The van der Waals surface area contributed by atoms with E-state index < -0.39 is 0 Å². The standard InChI is InChI=1S/C15H23FN2O3/c1-20-14-9-11(12(16)10-15(14)21-2)13(3-8-19)18-6-4-17-5-7-18/h9-10,13,17,19H,3-8H2,1-2H3/t13-/m0/s1. The van der Waals surface area contributed by atoms with Crippen molar-refractivity contribution in [2.45, 2.75) is 12.5 Å². The van der Waals surface area contributed by atoms with Gasteiger partial charge in [-0.25, -0.2) is 4.39 Å². The second-order valence-electron chi connectivity index (χ2n) is 5.04. The molecule has 1 aromatic carbocycles. The van der Waals surface area contributed by atoms with Crippen LogP contribution in [0, 0.1) is 5.82 Å². The predicted molar refractivity (Wildman–Crippen MR) is 78.4 cm³/mol. The van der Waals surface area contributed by atoms with E-state index in [0.717, 1.165) is 26.2 Å². The van der Waals surface area contributed by atoms with Crippen molar-refractivity contribution in [3.8, 4) is 11.5 Å². The van der Waals surface area contributed by atoms with Gasteiger partial charge in [0.25, 0.3) is 0 Å². The van der Waals surface area contributed by atoms with Crippen molar-refractivity contribution in [3.05, 3.63) is 23.5 Å². The number of piperazine rings is 1. The zero-order chi connectivity index (χ0) is 15.2. The molecule has 1 aliphatic rings. The summed E-state index contributed by atoms with van der Waals surface area (Å²) < 4.78 is 24.8. The molecule has 0 aromatic heterocycles. The minimum atomic E-state index is -0.329. The lowest BCUT2D eigenvalue weighted by Crippen LogP contribution is -2.45. The monoisotopic (exact) mass is 298 g/mol. The molecule has 1 saturated heterocycles. The Morgan fingerprint density at radius 1 is 1.24 bits per heavy atom. The van der Waals surface area contributed by atoms with Crippen LogP contribution in [0.3, 0.4) is 0 Å². The number of aliphatic hydroxyl groups is 1. The van der Waals surface area contributed by atoms with E-state index in [-0.39, 0.29) is 18.5 Å². The van der Waals surface area contributed by atoms with Gasteiger partial charge in [0.05, 0.1) is 14.2 Å². The average Bonchev–Trinajstić information content (AvgIpc) is 2.53. The molecular formula is C15H23FN2O3. The van der Waals surface area contributed by atoms with Crippen LogP contribution in [0.15, 0.2) is 12.1 Å². The summed E-state index contributed by atoms with van der Waals surface area (Å²) in [4.78, 5) is 2.19. The molecular weight excluding hydrogens is 275 g/mol. The van der Waals surface area contributed by atoms with Crippen molar-refractivity contribution in [2.24, 2.45) is 0 Å². The molecule has 5 nitrogen and oxygen atoms in total. The largest absolute Gasteiger partial charge is 0.493 e. The summed E-state index contributed by atoms with van der Waals surface area (Å²) in [5.41, 5.74) is 0.545. The van der Waals surface area contributed by atoms with Crippen LogP contribution in [0.25, 0.3) is 0 Å². The van der Waals surface area contributed by atoms with E-state index in [9.17, 15) is 9.50 Å². The third-order valence-corrected chi connectivity index (χ3v) is 3.86. The highest BCUT2D eigenvalue weighted by Gasteiger charge is 2.25. The Hall–Kier alpha value is -1.37. The summed E-state index contributed by atoms with van der Waals surface area (Å²) in [7, 11) is 3.02. The second-order valence-corrected chi connectivity index (χ2v) is 5.04. The van der Waals surface area contributed by atoms with Gasteiger partial charge in [-0.2, -0.15) is 0 Å². The van der Waals surface area contributed by atoms with Crippen LogP contribution in [-0.4, -0.2) is 57.0 Å². The zero-order valence-electron chi connectivity index (χ0n) is 12.6. The number of hydrogen-bond donors (Lipinski definition) is 2. The lowest BCUT2D eigenvalue weighted by molar-refractivity contribution is 0.138. The molecule has 1 atom stereocenters. The second kappa shape index (κ2) is 7.59. The summed E-state index contributed by atoms with van der Waals surface area (Å²) in [5, 5.41) is 12.6. The van der Waals surface area contributed by atoms with Crippen LogP contribution in [0.5, 0.6) is 11.5 Å². The molecule has 1 heterocycles. The maximum atomic E-state index is 14.4. The predicted octanol–water partition coefficient (Wildman–Crippen LogP) is 1.17. The minimum absolute atomic E-state index is 0.0162. The molecule has 6 heteroatoms. The quantitative estimate of drug-likeness (QED) is 0.826. The number of ether oxygens (including phenoxy) is 2. The lowest BCUT2D eigenvalue weighted by Gasteiger charge is -2.35. The topological polar surface area (TPSA) is 54.0 Å². The summed E-state index contributed by atoms with van der Waals surface area (Å²) in [6, 6.07) is 2.87. The van der Waals surface area contributed by atoms with Crippen molar-refractivity contribution in [1.82, 2.24) is 10.2 Å². The van der Waals surface area contributed by atoms with Crippen LogP contribution in [0.4, 0.5) is 4.39 Å².